The summed E-state index contributed by atoms with van der Waals surface area (Å²) in [6.45, 7) is 3.08. The van der Waals surface area contributed by atoms with Crippen LogP contribution < -0.4 is 0 Å². The maximum Gasteiger partial charge on any atom is 0.105 e. The number of fused-ring (bicyclic) bond motifs is 4. The van der Waals surface area contributed by atoms with Gasteiger partial charge < -0.3 is 9.67 Å². The topological polar surface area (TPSA) is 38.0 Å². The summed E-state index contributed by atoms with van der Waals surface area (Å²) in [6.07, 6.45) is 1.09. The molecule has 0 aliphatic rings. The molecule has 0 aliphatic heterocycles. The second-order valence-corrected chi connectivity index (χ2v) is 6.86. The number of hydrogen-bond acceptors (Lipinski definition) is 2. The standard InChI is InChI=1S/C24H20N2O/c1-2-26-22-11-4-3-7-18(22)20-15-16(12-13-23(20)26)24(27)19-8-5-10-21-17(19)9-6-14-25-21/h3-15,24,27H,2H2,1H3. The van der Waals surface area contributed by atoms with Crippen LogP contribution in [0.15, 0.2) is 79.0 Å². The van der Waals surface area contributed by atoms with Crippen molar-refractivity contribution in [3.63, 3.8) is 0 Å². The minimum absolute atomic E-state index is 0.689. The normalized spacial score (nSPS) is 12.8. The number of pyridine rings is 1. The van der Waals surface area contributed by atoms with E-state index in [1.54, 1.807) is 6.20 Å². The van der Waals surface area contributed by atoms with Crippen LogP contribution in [-0.4, -0.2) is 14.7 Å². The van der Waals surface area contributed by atoms with Crippen LogP contribution in [-0.2, 0) is 6.54 Å². The maximum absolute atomic E-state index is 11.2. The second kappa shape index (κ2) is 6.22. The first-order valence-electron chi connectivity index (χ1n) is 9.30. The van der Waals surface area contributed by atoms with Crippen LogP contribution in [0.1, 0.15) is 24.2 Å². The summed E-state index contributed by atoms with van der Waals surface area (Å²) < 4.78 is 2.32. The minimum atomic E-state index is -0.689. The third-order valence-electron chi connectivity index (χ3n) is 5.40. The lowest BCUT2D eigenvalue weighted by Gasteiger charge is -2.14. The summed E-state index contributed by atoms with van der Waals surface area (Å²) in [7, 11) is 0. The molecule has 3 heteroatoms. The van der Waals surface area contributed by atoms with Crippen molar-refractivity contribution in [2.24, 2.45) is 0 Å². The quantitative estimate of drug-likeness (QED) is 0.469. The number of hydrogen-bond donors (Lipinski definition) is 1. The number of aromatic nitrogens is 2. The summed E-state index contributed by atoms with van der Waals surface area (Å²) in [6, 6.07) is 24.6. The summed E-state index contributed by atoms with van der Waals surface area (Å²) in [5.41, 5.74) is 5.12. The van der Waals surface area contributed by atoms with E-state index in [0.29, 0.717) is 0 Å². The molecule has 0 fully saturated rings. The van der Waals surface area contributed by atoms with Gasteiger partial charge in [0.1, 0.15) is 6.10 Å². The van der Waals surface area contributed by atoms with Crippen molar-refractivity contribution in [3.05, 3.63) is 90.1 Å². The highest BCUT2D eigenvalue weighted by atomic mass is 16.3. The average molecular weight is 352 g/mol. The van der Waals surface area contributed by atoms with E-state index in [9.17, 15) is 5.11 Å². The molecule has 3 nitrogen and oxygen atoms in total. The van der Waals surface area contributed by atoms with Crippen LogP contribution in [0, 0.1) is 0 Å². The van der Waals surface area contributed by atoms with Gasteiger partial charge in [-0.25, -0.2) is 0 Å². The Morgan fingerprint density at radius 1 is 0.852 bits per heavy atom. The monoisotopic (exact) mass is 352 g/mol. The Kier molecular flexibility index (Phi) is 3.69. The number of nitrogens with zero attached hydrogens (tertiary/aromatic N) is 2. The van der Waals surface area contributed by atoms with Gasteiger partial charge >= 0.3 is 0 Å². The smallest absolute Gasteiger partial charge is 0.105 e. The Hall–Kier alpha value is -3.17. The highest BCUT2D eigenvalue weighted by molar-refractivity contribution is 6.08. The molecule has 1 N–H and O–H groups in total. The lowest BCUT2D eigenvalue weighted by Crippen LogP contribution is -2.01. The van der Waals surface area contributed by atoms with Gasteiger partial charge in [-0.2, -0.15) is 0 Å². The first kappa shape index (κ1) is 16.0. The van der Waals surface area contributed by atoms with Gasteiger partial charge in [0.25, 0.3) is 0 Å². The molecule has 1 unspecified atom stereocenters. The summed E-state index contributed by atoms with van der Waals surface area (Å²) in [5.74, 6) is 0. The van der Waals surface area contributed by atoms with Crippen molar-refractivity contribution in [2.75, 3.05) is 0 Å². The molecule has 1 atom stereocenters. The Morgan fingerprint density at radius 3 is 2.56 bits per heavy atom. The zero-order valence-corrected chi connectivity index (χ0v) is 15.1. The molecule has 132 valence electrons. The number of aliphatic hydroxyl groups is 1. The van der Waals surface area contributed by atoms with E-state index < -0.39 is 6.10 Å². The molecule has 27 heavy (non-hydrogen) atoms. The Labute approximate surface area is 157 Å². The van der Waals surface area contributed by atoms with Crippen molar-refractivity contribution < 1.29 is 5.11 Å². The van der Waals surface area contributed by atoms with Gasteiger partial charge in [0, 0.05) is 39.9 Å². The molecule has 0 spiro atoms. The molecule has 2 heterocycles. The van der Waals surface area contributed by atoms with E-state index in [1.165, 1.54) is 21.8 Å². The van der Waals surface area contributed by atoms with E-state index in [4.69, 9.17) is 0 Å². The van der Waals surface area contributed by atoms with Gasteiger partial charge in [-0.3, -0.25) is 4.98 Å². The van der Waals surface area contributed by atoms with Crippen molar-refractivity contribution in [2.45, 2.75) is 19.6 Å². The third-order valence-corrected chi connectivity index (χ3v) is 5.40. The van der Waals surface area contributed by atoms with Crippen molar-refractivity contribution in [1.82, 2.24) is 9.55 Å². The number of aryl methyl sites for hydroxylation is 1. The van der Waals surface area contributed by atoms with Gasteiger partial charge in [0.15, 0.2) is 0 Å². The Morgan fingerprint density at radius 2 is 1.67 bits per heavy atom. The lowest BCUT2D eigenvalue weighted by molar-refractivity contribution is 0.222. The lowest BCUT2D eigenvalue weighted by atomic mass is 9.96. The van der Waals surface area contributed by atoms with E-state index >= 15 is 0 Å². The predicted molar refractivity (Wildman–Crippen MR) is 111 cm³/mol. The van der Waals surface area contributed by atoms with Crippen molar-refractivity contribution >= 4 is 32.7 Å². The van der Waals surface area contributed by atoms with Crippen molar-refractivity contribution in [1.29, 1.82) is 0 Å². The molecular weight excluding hydrogens is 332 g/mol. The van der Waals surface area contributed by atoms with Crippen LogP contribution in [0.4, 0.5) is 0 Å². The molecule has 0 saturated heterocycles. The molecule has 2 aromatic heterocycles. The summed E-state index contributed by atoms with van der Waals surface area (Å²) in [5, 5.41) is 14.5. The maximum atomic E-state index is 11.2. The molecule has 0 bridgehead atoms. The number of benzene rings is 3. The number of aliphatic hydroxyl groups excluding tert-OH is 1. The van der Waals surface area contributed by atoms with E-state index in [-0.39, 0.29) is 0 Å². The van der Waals surface area contributed by atoms with Crippen LogP contribution in [0.5, 0.6) is 0 Å². The van der Waals surface area contributed by atoms with Crippen LogP contribution >= 0.6 is 0 Å². The van der Waals surface area contributed by atoms with E-state index in [1.807, 2.05) is 36.4 Å². The van der Waals surface area contributed by atoms with Crippen LogP contribution in [0.3, 0.4) is 0 Å². The second-order valence-electron chi connectivity index (χ2n) is 6.86. The molecular formula is C24H20N2O. The zero-order valence-electron chi connectivity index (χ0n) is 15.1. The fourth-order valence-electron chi connectivity index (χ4n) is 4.13. The summed E-state index contributed by atoms with van der Waals surface area (Å²) in [4.78, 5) is 4.41. The van der Waals surface area contributed by atoms with Gasteiger partial charge in [0.05, 0.1) is 5.52 Å². The zero-order chi connectivity index (χ0) is 18.4. The van der Waals surface area contributed by atoms with Gasteiger partial charge in [0.2, 0.25) is 0 Å². The Bertz CT molecular complexity index is 1280. The molecule has 3 aromatic carbocycles. The minimum Gasteiger partial charge on any atom is -0.384 e. The molecule has 5 aromatic rings. The molecule has 0 aliphatic carbocycles. The first-order valence-corrected chi connectivity index (χ1v) is 9.30. The van der Waals surface area contributed by atoms with Crippen LogP contribution in [0.2, 0.25) is 0 Å². The molecule has 0 amide bonds. The molecule has 0 radical (unpaired) electrons. The highest BCUT2D eigenvalue weighted by Gasteiger charge is 2.16. The molecule has 5 rings (SSSR count). The third kappa shape index (κ3) is 2.43. The SMILES string of the molecule is CCn1c2ccccc2c2cc(C(O)c3cccc4ncccc34)ccc21. The fourth-order valence-corrected chi connectivity index (χ4v) is 4.13. The van der Waals surface area contributed by atoms with Crippen molar-refractivity contribution in [3.8, 4) is 0 Å². The number of rotatable bonds is 3. The molecule has 0 saturated carbocycles. The summed E-state index contributed by atoms with van der Waals surface area (Å²) >= 11 is 0. The van der Waals surface area contributed by atoms with Gasteiger partial charge in [-0.15, -0.1) is 0 Å². The average Bonchev–Trinajstić information content (AvgIpc) is 3.05. The fraction of sp³-hybridized carbons (Fsp3) is 0.125. The van der Waals surface area contributed by atoms with E-state index in [2.05, 4.69) is 52.9 Å². The first-order chi connectivity index (χ1) is 13.3. The predicted octanol–water partition coefficient (Wildman–Crippen LogP) is 5.44. The van der Waals surface area contributed by atoms with Gasteiger partial charge in [-0.05, 0) is 48.4 Å². The number of para-hydroxylation sites is 1. The van der Waals surface area contributed by atoms with E-state index in [0.717, 1.165) is 28.6 Å². The highest BCUT2D eigenvalue weighted by Crippen LogP contribution is 2.34. The largest absolute Gasteiger partial charge is 0.384 e. The Balaban J connectivity index is 1.72. The van der Waals surface area contributed by atoms with Gasteiger partial charge in [-0.1, -0.05) is 42.5 Å². The van der Waals surface area contributed by atoms with Crippen LogP contribution in [0.25, 0.3) is 32.7 Å².